The number of nitrogens with zero attached hydrogens (tertiary/aromatic N) is 5. The van der Waals surface area contributed by atoms with E-state index < -0.39 is 0 Å². The zero-order valence-electron chi connectivity index (χ0n) is 26.7. The van der Waals surface area contributed by atoms with Crippen molar-refractivity contribution in [2.45, 2.75) is 0 Å². The van der Waals surface area contributed by atoms with Crippen LogP contribution in [0.15, 0.2) is 168 Å². The number of furan rings is 1. The molecule has 0 spiro atoms. The number of fused-ring (bicyclic) bond motifs is 7. The highest BCUT2D eigenvalue weighted by Gasteiger charge is 2.25. The molecule has 0 aliphatic heterocycles. The summed E-state index contributed by atoms with van der Waals surface area (Å²) in [5.74, 6) is 1.79. The maximum atomic E-state index is 6.91. The van der Waals surface area contributed by atoms with Crippen molar-refractivity contribution in [3.8, 4) is 51.0 Å². The minimum atomic E-state index is 0.572. The molecule has 0 fully saturated rings. The number of hydrogen-bond donors (Lipinski definition) is 0. The summed E-state index contributed by atoms with van der Waals surface area (Å²) in [4.78, 5) is 19.7. The minimum absolute atomic E-state index is 0.572. The Bertz CT molecular complexity index is 2790. The van der Waals surface area contributed by atoms with Crippen molar-refractivity contribution in [3.05, 3.63) is 164 Å². The predicted molar refractivity (Wildman–Crippen MR) is 201 cm³/mol. The fraction of sp³-hybridized carbons (Fsp3) is 0. The van der Waals surface area contributed by atoms with Crippen LogP contribution in [0, 0.1) is 0 Å². The van der Waals surface area contributed by atoms with E-state index in [1.54, 1.807) is 6.20 Å². The highest BCUT2D eigenvalue weighted by molar-refractivity contribution is 6.28. The maximum Gasteiger partial charge on any atom is 0.164 e. The number of para-hydroxylation sites is 2. The van der Waals surface area contributed by atoms with Crippen LogP contribution in [0.25, 0.3) is 94.7 Å². The number of benzene rings is 6. The average molecular weight is 642 g/mol. The molecule has 10 aromatic rings. The lowest BCUT2D eigenvalue weighted by atomic mass is 9.97. The molecule has 0 unspecified atom stereocenters. The first-order valence-electron chi connectivity index (χ1n) is 16.6. The van der Waals surface area contributed by atoms with Gasteiger partial charge in [-0.3, -0.25) is 4.98 Å². The van der Waals surface area contributed by atoms with Crippen molar-refractivity contribution in [1.29, 1.82) is 0 Å². The second-order valence-corrected chi connectivity index (χ2v) is 12.3. The van der Waals surface area contributed by atoms with Gasteiger partial charge in [0.1, 0.15) is 11.2 Å². The number of pyridine rings is 1. The third-order valence-corrected chi connectivity index (χ3v) is 9.35. The van der Waals surface area contributed by atoms with Crippen LogP contribution in [-0.2, 0) is 0 Å². The van der Waals surface area contributed by atoms with Crippen LogP contribution in [-0.4, -0.2) is 24.5 Å². The first-order chi connectivity index (χ1) is 24.8. The molecule has 4 aromatic heterocycles. The lowest BCUT2D eigenvalue weighted by Gasteiger charge is -2.12. The Labute approximate surface area is 287 Å². The summed E-state index contributed by atoms with van der Waals surface area (Å²) in [5, 5.41) is 4.26. The molecule has 0 atom stereocenters. The van der Waals surface area contributed by atoms with Gasteiger partial charge in [0.25, 0.3) is 0 Å². The predicted octanol–water partition coefficient (Wildman–Crippen LogP) is 10.9. The van der Waals surface area contributed by atoms with Crippen molar-refractivity contribution < 1.29 is 4.42 Å². The Morgan fingerprint density at radius 2 is 1.08 bits per heavy atom. The zero-order chi connectivity index (χ0) is 33.0. The third kappa shape index (κ3) is 4.43. The van der Waals surface area contributed by atoms with Gasteiger partial charge in [-0.05, 0) is 48.5 Å². The van der Waals surface area contributed by atoms with Crippen LogP contribution < -0.4 is 0 Å². The van der Waals surface area contributed by atoms with E-state index in [2.05, 4.69) is 88.4 Å². The van der Waals surface area contributed by atoms with E-state index >= 15 is 0 Å². The van der Waals surface area contributed by atoms with Crippen molar-refractivity contribution >= 4 is 43.7 Å². The molecule has 0 N–H and O–H groups in total. The molecule has 0 bridgehead atoms. The van der Waals surface area contributed by atoms with Crippen LogP contribution in [0.5, 0.6) is 0 Å². The van der Waals surface area contributed by atoms with Gasteiger partial charge in [-0.15, -0.1) is 0 Å². The summed E-state index contributed by atoms with van der Waals surface area (Å²) >= 11 is 0. The van der Waals surface area contributed by atoms with Gasteiger partial charge in [-0.2, -0.15) is 0 Å². The molecular weight excluding hydrogens is 615 g/mol. The van der Waals surface area contributed by atoms with Gasteiger partial charge in [-0.25, -0.2) is 15.0 Å². The van der Waals surface area contributed by atoms with Gasteiger partial charge in [0.05, 0.1) is 16.4 Å². The van der Waals surface area contributed by atoms with Crippen LogP contribution in [0.2, 0.25) is 0 Å². The maximum absolute atomic E-state index is 6.91. The largest absolute Gasteiger partial charge is 0.455 e. The van der Waals surface area contributed by atoms with Gasteiger partial charge in [0, 0.05) is 62.1 Å². The van der Waals surface area contributed by atoms with E-state index in [1.165, 1.54) is 5.39 Å². The molecule has 0 radical (unpaired) electrons. The van der Waals surface area contributed by atoms with Gasteiger partial charge in [-0.1, -0.05) is 103 Å². The molecule has 4 heterocycles. The molecule has 50 heavy (non-hydrogen) atoms. The van der Waals surface area contributed by atoms with Gasteiger partial charge in [0.2, 0.25) is 0 Å². The molecule has 234 valence electrons. The van der Waals surface area contributed by atoms with E-state index in [4.69, 9.17) is 19.4 Å². The summed E-state index contributed by atoms with van der Waals surface area (Å²) in [6.45, 7) is 0. The molecule has 10 rings (SSSR count). The summed E-state index contributed by atoms with van der Waals surface area (Å²) in [6, 6.07) is 51.7. The van der Waals surface area contributed by atoms with Crippen LogP contribution in [0.3, 0.4) is 0 Å². The van der Waals surface area contributed by atoms with Crippen molar-refractivity contribution in [2.24, 2.45) is 0 Å². The van der Waals surface area contributed by atoms with Crippen molar-refractivity contribution in [3.63, 3.8) is 0 Å². The molecule has 0 amide bonds. The van der Waals surface area contributed by atoms with Crippen LogP contribution in [0.4, 0.5) is 0 Å². The second kappa shape index (κ2) is 11.4. The first kappa shape index (κ1) is 28.1. The molecule has 0 aliphatic rings. The number of hydrogen-bond acceptors (Lipinski definition) is 5. The van der Waals surface area contributed by atoms with E-state index in [0.717, 1.165) is 71.9 Å². The third-order valence-electron chi connectivity index (χ3n) is 9.35. The van der Waals surface area contributed by atoms with Gasteiger partial charge >= 0.3 is 0 Å². The highest BCUT2D eigenvalue weighted by atomic mass is 16.3. The smallest absolute Gasteiger partial charge is 0.164 e. The quantitative estimate of drug-likeness (QED) is 0.187. The molecule has 0 saturated heterocycles. The molecule has 6 aromatic carbocycles. The Kier molecular flexibility index (Phi) is 6.39. The Hall–Kier alpha value is -6.92. The van der Waals surface area contributed by atoms with Gasteiger partial charge in [0.15, 0.2) is 17.5 Å². The Balaban J connectivity index is 1.38. The van der Waals surface area contributed by atoms with Gasteiger partial charge < -0.3 is 8.98 Å². The molecular formula is C44H27N5O. The summed E-state index contributed by atoms with van der Waals surface area (Å²) < 4.78 is 9.26. The summed E-state index contributed by atoms with van der Waals surface area (Å²) in [5.41, 5.74) is 9.41. The lowest BCUT2D eigenvalue weighted by molar-refractivity contribution is 0.670. The monoisotopic (exact) mass is 641 g/mol. The SMILES string of the molecule is c1ccc(-c2nc(-c3ccccc3)nc(-c3ccc(-c4cccnc4)c4oc5ccc6c7ccccc7n(-c7ccccc7)c6c5c34)n2)cc1. The number of rotatable bonds is 5. The van der Waals surface area contributed by atoms with E-state index in [0.29, 0.717) is 17.5 Å². The first-order valence-corrected chi connectivity index (χ1v) is 16.6. The van der Waals surface area contributed by atoms with Crippen molar-refractivity contribution in [1.82, 2.24) is 24.5 Å². The fourth-order valence-corrected chi connectivity index (χ4v) is 7.12. The van der Waals surface area contributed by atoms with E-state index in [-0.39, 0.29) is 0 Å². The molecule has 0 aliphatic carbocycles. The second-order valence-electron chi connectivity index (χ2n) is 12.3. The summed E-state index contributed by atoms with van der Waals surface area (Å²) in [6.07, 6.45) is 3.67. The normalized spacial score (nSPS) is 11.6. The van der Waals surface area contributed by atoms with Crippen LogP contribution >= 0.6 is 0 Å². The fourth-order valence-electron chi connectivity index (χ4n) is 7.12. The summed E-state index contributed by atoms with van der Waals surface area (Å²) in [7, 11) is 0. The van der Waals surface area contributed by atoms with Crippen molar-refractivity contribution in [2.75, 3.05) is 0 Å². The standard InChI is InChI=1S/C44H27N5O/c1-4-13-28(14-5-1)42-46-43(29-15-6-2-7-16-29)48-44(47-42)35-23-22-32(30-17-12-26-45-27-30)41-38(35)39-37(50-41)25-24-34-33-20-10-11-21-36(33)49(40(34)39)31-18-8-3-9-19-31/h1-27H. The van der Waals surface area contributed by atoms with E-state index in [9.17, 15) is 0 Å². The van der Waals surface area contributed by atoms with Crippen LogP contribution in [0.1, 0.15) is 0 Å². The zero-order valence-corrected chi connectivity index (χ0v) is 26.7. The topological polar surface area (TPSA) is 69.6 Å². The molecule has 6 heteroatoms. The highest BCUT2D eigenvalue weighted by Crippen LogP contribution is 2.46. The number of aromatic nitrogens is 5. The minimum Gasteiger partial charge on any atom is -0.455 e. The Morgan fingerprint density at radius 3 is 1.78 bits per heavy atom. The Morgan fingerprint density at radius 1 is 0.460 bits per heavy atom. The van der Waals surface area contributed by atoms with E-state index in [1.807, 2.05) is 79.0 Å². The average Bonchev–Trinajstić information content (AvgIpc) is 3.75. The molecule has 6 nitrogen and oxygen atoms in total. The lowest BCUT2D eigenvalue weighted by Crippen LogP contribution is -2.00. The molecule has 0 saturated carbocycles.